The van der Waals surface area contributed by atoms with E-state index in [1.54, 1.807) is 0 Å². The van der Waals surface area contributed by atoms with Crippen LogP contribution >= 0.6 is 0 Å². The summed E-state index contributed by atoms with van der Waals surface area (Å²) >= 11 is 0. The lowest BCUT2D eigenvalue weighted by atomic mass is 9.70. The Bertz CT molecular complexity index is 446. The van der Waals surface area contributed by atoms with Crippen LogP contribution < -0.4 is 0 Å². The molecule has 21 heavy (non-hydrogen) atoms. The van der Waals surface area contributed by atoms with Crippen molar-refractivity contribution in [3.05, 3.63) is 11.6 Å². The van der Waals surface area contributed by atoms with Crippen molar-refractivity contribution in [3.8, 4) is 0 Å². The number of hydrogen-bond donors (Lipinski definition) is 0. The number of methoxy groups -OCH3 is 1. The molecule has 0 bridgehead atoms. The second-order valence-electron chi connectivity index (χ2n) is 6.63. The van der Waals surface area contributed by atoms with Gasteiger partial charge in [0.2, 0.25) is 0 Å². The molecule has 1 aliphatic carbocycles. The van der Waals surface area contributed by atoms with Gasteiger partial charge in [-0.25, -0.2) is 0 Å². The highest BCUT2D eigenvalue weighted by molar-refractivity contribution is 5.99. The van der Waals surface area contributed by atoms with E-state index in [-0.39, 0.29) is 23.6 Å². The van der Waals surface area contributed by atoms with Crippen molar-refractivity contribution in [3.63, 3.8) is 0 Å². The predicted octanol–water partition coefficient (Wildman–Crippen LogP) is 2.95. The van der Waals surface area contributed by atoms with Crippen LogP contribution in [0.25, 0.3) is 0 Å². The minimum Gasteiger partial charge on any atom is -0.469 e. The summed E-state index contributed by atoms with van der Waals surface area (Å²) in [5, 5.41) is 0. The molecule has 118 valence electrons. The predicted molar refractivity (Wildman–Crippen MR) is 80.6 cm³/mol. The lowest BCUT2D eigenvalue weighted by Crippen LogP contribution is -2.37. The first kappa shape index (κ1) is 17.6. The first-order valence-corrected chi connectivity index (χ1v) is 7.52. The minimum absolute atomic E-state index is 0.0322. The highest BCUT2D eigenvalue weighted by atomic mass is 16.5. The van der Waals surface area contributed by atoms with Crippen molar-refractivity contribution in [1.29, 1.82) is 0 Å². The molecule has 0 radical (unpaired) electrons. The van der Waals surface area contributed by atoms with E-state index in [0.29, 0.717) is 19.3 Å². The number of rotatable bonds is 6. The first-order valence-electron chi connectivity index (χ1n) is 7.52. The quantitative estimate of drug-likeness (QED) is 0.327. The van der Waals surface area contributed by atoms with Gasteiger partial charge in [0.15, 0.2) is 5.78 Å². The molecule has 0 amide bonds. The van der Waals surface area contributed by atoms with Gasteiger partial charge in [-0.1, -0.05) is 39.3 Å². The molecule has 2 atom stereocenters. The summed E-state index contributed by atoms with van der Waals surface area (Å²) in [7, 11) is 1.38. The summed E-state index contributed by atoms with van der Waals surface area (Å²) in [4.78, 5) is 35.6. The van der Waals surface area contributed by atoms with Crippen molar-refractivity contribution < 1.29 is 19.1 Å². The number of Topliss-reactive ketones (excluding diaryl/α,β-unsaturated/α-hetero) is 1. The molecule has 2 unspecified atom stereocenters. The average molecular weight is 294 g/mol. The van der Waals surface area contributed by atoms with Crippen LogP contribution in [0.3, 0.4) is 0 Å². The number of carbonyl (C=O) groups is 3. The maximum absolute atomic E-state index is 12.6. The molecule has 0 saturated carbocycles. The molecular weight excluding hydrogens is 268 g/mol. The SMILES string of the molecule is COC(=O)C1CC=C(C(C=O)C(=O)C(C)(C)C(C)C)CC1. The van der Waals surface area contributed by atoms with Crippen LogP contribution in [-0.2, 0) is 19.1 Å². The molecular formula is C17H26O4. The third-order valence-corrected chi connectivity index (χ3v) is 4.88. The zero-order chi connectivity index (χ0) is 16.2. The van der Waals surface area contributed by atoms with Crippen molar-refractivity contribution >= 4 is 18.0 Å². The summed E-state index contributed by atoms with van der Waals surface area (Å²) in [5.41, 5.74) is 0.315. The van der Waals surface area contributed by atoms with E-state index >= 15 is 0 Å². The van der Waals surface area contributed by atoms with E-state index in [4.69, 9.17) is 4.74 Å². The molecule has 1 aliphatic rings. The Kier molecular flexibility index (Phi) is 5.87. The molecule has 4 nitrogen and oxygen atoms in total. The number of carbonyl (C=O) groups excluding carboxylic acids is 3. The van der Waals surface area contributed by atoms with Gasteiger partial charge in [-0.15, -0.1) is 0 Å². The molecule has 0 aliphatic heterocycles. The summed E-state index contributed by atoms with van der Waals surface area (Å²) in [6, 6.07) is 0. The number of ketones is 1. The fourth-order valence-electron chi connectivity index (χ4n) is 2.52. The van der Waals surface area contributed by atoms with Crippen molar-refractivity contribution in [2.24, 2.45) is 23.2 Å². The Balaban J connectivity index is 2.88. The molecule has 0 aromatic heterocycles. The van der Waals surface area contributed by atoms with E-state index in [2.05, 4.69) is 0 Å². The largest absolute Gasteiger partial charge is 0.469 e. The van der Waals surface area contributed by atoms with Gasteiger partial charge in [0.05, 0.1) is 18.9 Å². The minimum atomic E-state index is -0.680. The summed E-state index contributed by atoms with van der Waals surface area (Å²) in [6.07, 6.45) is 4.40. The normalized spacial score (nSPS) is 20.7. The van der Waals surface area contributed by atoms with Gasteiger partial charge in [-0.05, 0) is 25.2 Å². The van der Waals surface area contributed by atoms with Crippen LogP contribution in [0, 0.1) is 23.2 Å². The lowest BCUT2D eigenvalue weighted by Gasteiger charge is -2.32. The van der Waals surface area contributed by atoms with Gasteiger partial charge < -0.3 is 9.53 Å². The fraction of sp³-hybridized carbons (Fsp3) is 0.706. The Morgan fingerprint density at radius 2 is 2.00 bits per heavy atom. The Morgan fingerprint density at radius 3 is 2.38 bits per heavy atom. The first-order chi connectivity index (χ1) is 9.75. The Labute approximate surface area is 126 Å². The van der Waals surface area contributed by atoms with E-state index in [1.165, 1.54) is 7.11 Å². The van der Waals surface area contributed by atoms with Gasteiger partial charge in [0.1, 0.15) is 6.29 Å². The van der Waals surface area contributed by atoms with Crippen molar-refractivity contribution in [2.45, 2.75) is 47.0 Å². The van der Waals surface area contributed by atoms with Gasteiger partial charge >= 0.3 is 5.97 Å². The van der Waals surface area contributed by atoms with Gasteiger partial charge in [0.25, 0.3) is 0 Å². The lowest BCUT2D eigenvalue weighted by molar-refractivity contribution is -0.145. The van der Waals surface area contributed by atoms with Crippen LogP contribution in [0.5, 0.6) is 0 Å². The second kappa shape index (κ2) is 7.01. The van der Waals surface area contributed by atoms with E-state index in [0.717, 1.165) is 11.9 Å². The van der Waals surface area contributed by atoms with E-state index in [9.17, 15) is 14.4 Å². The summed E-state index contributed by atoms with van der Waals surface area (Å²) in [5.74, 6) is -0.920. The third-order valence-electron chi connectivity index (χ3n) is 4.88. The molecule has 1 rings (SSSR count). The summed E-state index contributed by atoms with van der Waals surface area (Å²) in [6.45, 7) is 7.75. The number of esters is 1. The fourth-order valence-corrected chi connectivity index (χ4v) is 2.52. The van der Waals surface area contributed by atoms with Gasteiger partial charge in [-0.3, -0.25) is 9.59 Å². The zero-order valence-corrected chi connectivity index (χ0v) is 13.6. The monoisotopic (exact) mass is 294 g/mol. The third kappa shape index (κ3) is 3.80. The van der Waals surface area contributed by atoms with E-state index < -0.39 is 11.3 Å². The van der Waals surface area contributed by atoms with Gasteiger partial charge in [0, 0.05) is 5.41 Å². The Morgan fingerprint density at radius 1 is 1.38 bits per heavy atom. The maximum atomic E-state index is 12.6. The van der Waals surface area contributed by atoms with E-state index in [1.807, 2.05) is 33.8 Å². The molecule has 0 spiro atoms. The molecule has 0 fully saturated rings. The molecule has 0 N–H and O–H groups in total. The number of allylic oxidation sites excluding steroid dienone is 2. The van der Waals surface area contributed by atoms with Crippen LogP contribution in [-0.4, -0.2) is 25.1 Å². The zero-order valence-electron chi connectivity index (χ0n) is 13.6. The number of ether oxygens (including phenoxy) is 1. The molecule has 0 aromatic carbocycles. The van der Waals surface area contributed by atoms with Crippen LogP contribution in [0.15, 0.2) is 11.6 Å². The highest BCUT2D eigenvalue weighted by Crippen LogP contribution is 2.35. The standard InChI is InChI=1S/C17H26O4/c1-11(2)17(3,4)15(19)14(10-18)12-6-8-13(9-7-12)16(20)21-5/h6,10-11,13-14H,7-9H2,1-5H3. The average Bonchev–Trinajstić information content (AvgIpc) is 2.47. The van der Waals surface area contributed by atoms with Crippen molar-refractivity contribution in [2.75, 3.05) is 7.11 Å². The van der Waals surface area contributed by atoms with Crippen molar-refractivity contribution in [1.82, 2.24) is 0 Å². The van der Waals surface area contributed by atoms with Crippen LogP contribution in [0.4, 0.5) is 0 Å². The maximum Gasteiger partial charge on any atom is 0.308 e. The van der Waals surface area contributed by atoms with Crippen LogP contribution in [0.1, 0.15) is 47.0 Å². The molecule has 0 saturated heterocycles. The number of hydrogen-bond acceptors (Lipinski definition) is 4. The van der Waals surface area contributed by atoms with Gasteiger partial charge in [-0.2, -0.15) is 0 Å². The smallest absolute Gasteiger partial charge is 0.308 e. The molecule has 4 heteroatoms. The highest BCUT2D eigenvalue weighted by Gasteiger charge is 2.38. The van der Waals surface area contributed by atoms with Crippen LogP contribution in [0.2, 0.25) is 0 Å². The second-order valence-corrected chi connectivity index (χ2v) is 6.63. The number of aldehydes is 1. The summed E-state index contributed by atoms with van der Waals surface area (Å²) < 4.78 is 4.74. The molecule has 0 heterocycles. The molecule has 0 aromatic rings. The Hall–Kier alpha value is -1.45. The topological polar surface area (TPSA) is 60.4 Å².